The highest BCUT2D eigenvalue weighted by atomic mass is 32.2. The lowest BCUT2D eigenvalue weighted by atomic mass is 10.1. The zero-order valence-corrected chi connectivity index (χ0v) is 11.8. The van der Waals surface area contributed by atoms with Crippen LogP contribution in [0.25, 0.3) is 0 Å². The first-order valence-corrected chi connectivity index (χ1v) is 6.71. The van der Waals surface area contributed by atoms with Gasteiger partial charge in [0.1, 0.15) is 0 Å². The summed E-state index contributed by atoms with van der Waals surface area (Å²) in [6.07, 6.45) is -4.37. The summed E-state index contributed by atoms with van der Waals surface area (Å²) >= 11 is 1.36. The van der Waals surface area contributed by atoms with Gasteiger partial charge < -0.3 is 5.73 Å². The molecular formula is C13H14F3N3S. The zero-order valence-electron chi connectivity index (χ0n) is 11.0. The third-order valence-electron chi connectivity index (χ3n) is 2.78. The summed E-state index contributed by atoms with van der Waals surface area (Å²) in [7, 11) is 1.79. The topological polar surface area (TPSA) is 43.8 Å². The fourth-order valence-electron chi connectivity index (χ4n) is 1.88. The molecule has 1 aromatic heterocycles. The molecule has 2 aromatic rings. The molecule has 0 fully saturated rings. The molecule has 0 saturated heterocycles. The van der Waals surface area contributed by atoms with Crippen molar-refractivity contribution in [2.24, 2.45) is 12.8 Å². The summed E-state index contributed by atoms with van der Waals surface area (Å²) in [5.41, 5.74) is 5.70. The van der Waals surface area contributed by atoms with E-state index in [-0.39, 0.29) is 12.1 Å². The average Bonchev–Trinajstić information content (AvgIpc) is 2.66. The van der Waals surface area contributed by atoms with Crippen LogP contribution < -0.4 is 5.73 Å². The van der Waals surface area contributed by atoms with Gasteiger partial charge in [-0.05, 0) is 36.8 Å². The van der Waals surface area contributed by atoms with E-state index in [0.29, 0.717) is 4.90 Å². The minimum Gasteiger partial charge on any atom is -0.326 e. The maximum atomic E-state index is 12.8. The normalized spacial score (nSPS) is 11.9. The largest absolute Gasteiger partial charge is 0.416 e. The highest BCUT2D eigenvalue weighted by molar-refractivity contribution is 7.99. The minimum atomic E-state index is -4.37. The van der Waals surface area contributed by atoms with E-state index in [9.17, 15) is 13.2 Å². The van der Waals surface area contributed by atoms with Gasteiger partial charge in [-0.3, -0.25) is 4.68 Å². The molecule has 7 heteroatoms. The number of alkyl halides is 3. The first-order chi connectivity index (χ1) is 9.31. The SMILES string of the molecule is Cc1cc(Sc2ccc(C(F)(F)F)c(CN)c2)n(C)n1. The van der Waals surface area contributed by atoms with Gasteiger partial charge in [0.05, 0.1) is 16.3 Å². The summed E-state index contributed by atoms with van der Waals surface area (Å²) in [4.78, 5) is 0.710. The number of rotatable bonds is 3. The molecule has 0 amide bonds. The van der Waals surface area contributed by atoms with E-state index in [1.807, 2.05) is 13.0 Å². The molecule has 0 atom stereocenters. The van der Waals surface area contributed by atoms with Crippen molar-refractivity contribution >= 4 is 11.8 Å². The third-order valence-corrected chi connectivity index (χ3v) is 3.86. The van der Waals surface area contributed by atoms with Gasteiger partial charge in [0.15, 0.2) is 0 Å². The van der Waals surface area contributed by atoms with E-state index in [4.69, 9.17) is 5.73 Å². The lowest BCUT2D eigenvalue weighted by Crippen LogP contribution is -2.11. The van der Waals surface area contributed by atoms with Crippen molar-refractivity contribution in [1.29, 1.82) is 0 Å². The van der Waals surface area contributed by atoms with Crippen molar-refractivity contribution < 1.29 is 13.2 Å². The molecule has 3 nitrogen and oxygen atoms in total. The Kier molecular flexibility index (Phi) is 4.10. The van der Waals surface area contributed by atoms with Crippen LogP contribution in [0.5, 0.6) is 0 Å². The Bertz CT molecular complexity index is 620. The third kappa shape index (κ3) is 3.16. The smallest absolute Gasteiger partial charge is 0.326 e. The van der Waals surface area contributed by atoms with E-state index in [1.54, 1.807) is 11.7 Å². The van der Waals surface area contributed by atoms with Crippen LogP contribution in [-0.4, -0.2) is 9.78 Å². The molecule has 0 spiro atoms. The predicted octanol–water partition coefficient (Wildman–Crippen LogP) is 3.36. The van der Waals surface area contributed by atoms with Crippen molar-refractivity contribution in [3.8, 4) is 0 Å². The maximum absolute atomic E-state index is 12.8. The number of nitrogens with zero attached hydrogens (tertiary/aromatic N) is 2. The van der Waals surface area contributed by atoms with Crippen molar-refractivity contribution in [3.63, 3.8) is 0 Å². The van der Waals surface area contributed by atoms with Crippen LogP contribution in [-0.2, 0) is 19.8 Å². The van der Waals surface area contributed by atoms with E-state index >= 15 is 0 Å². The molecule has 1 heterocycles. The van der Waals surface area contributed by atoms with Crippen LogP contribution in [0.3, 0.4) is 0 Å². The van der Waals surface area contributed by atoms with Gasteiger partial charge in [0, 0.05) is 18.5 Å². The van der Waals surface area contributed by atoms with E-state index in [2.05, 4.69) is 5.10 Å². The second-order valence-electron chi connectivity index (χ2n) is 4.37. The number of aromatic nitrogens is 2. The van der Waals surface area contributed by atoms with Crippen LogP contribution in [0.1, 0.15) is 16.8 Å². The lowest BCUT2D eigenvalue weighted by Gasteiger charge is -2.13. The Hall–Kier alpha value is -1.47. The molecule has 0 aliphatic carbocycles. The first-order valence-electron chi connectivity index (χ1n) is 5.90. The number of halogens is 3. The molecule has 108 valence electrons. The second kappa shape index (κ2) is 5.49. The van der Waals surface area contributed by atoms with Gasteiger partial charge in [-0.2, -0.15) is 18.3 Å². The van der Waals surface area contributed by atoms with Gasteiger partial charge >= 0.3 is 6.18 Å². The van der Waals surface area contributed by atoms with E-state index < -0.39 is 11.7 Å². The Balaban J connectivity index is 2.33. The molecule has 0 aliphatic rings. The van der Waals surface area contributed by atoms with Crippen molar-refractivity contribution in [1.82, 2.24) is 9.78 Å². The fraction of sp³-hybridized carbons (Fsp3) is 0.308. The van der Waals surface area contributed by atoms with Crippen molar-refractivity contribution in [2.45, 2.75) is 29.6 Å². The molecule has 0 saturated carbocycles. The van der Waals surface area contributed by atoms with Gasteiger partial charge in [-0.1, -0.05) is 11.8 Å². The average molecular weight is 301 g/mol. The Morgan fingerprint density at radius 3 is 2.50 bits per heavy atom. The molecule has 0 radical (unpaired) electrons. The van der Waals surface area contributed by atoms with Crippen LogP contribution in [0.4, 0.5) is 13.2 Å². The van der Waals surface area contributed by atoms with E-state index in [1.165, 1.54) is 23.9 Å². The van der Waals surface area contributed by atoms with Gasteiger partial charge in [0.25, 0.3) is 0 Å². The number of aryl methyl sites for hydroxylation is 2. The minimum absolute atomic E-state index is 0.0985. The summed E-state index contributed by atoms with van der Waals surface area (Å²) in [5.74, 6) is 0. The Labute approximate surface area is 119 Å². The zero-order chi connectivity index (χ0) is 14.9. The molecule has 1 aromatic carbocycles. The Morgan fingerprint density at radius 2 is 2.00 bits per heavy atom. The van der Waals surface area contributed by atoms with Gasteiger partial charge in [-0.15, -0.1) is 0 Å². The van der Waals surface area contributed by atoms with Crippen LogP contribution in [0.2, 0.25) is 0 Å². The number of hydrogen-bond donors (Lipinski definition) is 1. The Morgan fingerprint density at radius 1 is 1.30 bits per heavy atom. The summed E-state index contributed by atoms with van der Waals surface area (Å²) in [6.45, 7) is 1.72. The van der Waals surface area contributed by atoms with Gasteiger partial charge in [-0.25, -0.2) is 0 Å². The van der Waals surface area contributed by atoms with E-state index in [0.717, 1.165) is 16.8 Å². The first kappa shape index (κ1) is 14.9. The fourth-order valence-corrected chi connectivity index (χ4v) is 2.86. The summed E-state index contributed by atoms with van der Waals surface area (Å²) in [5, 5.41) is 5.06. The quantitative estimate of drug-likeness (QED) is 0.945. The molecule has 20 heavy (non-hydrogen) atoms. The molecule has 0 unspecified atom stereocenters. The lowest BCUT2D eigenvalue weighted by molar-refractivity contribution is -0.138. The summed E-state index contributed by atoms with van der Waals surface area (Å²) in [6, 6.07) is 5.89. The maximum Gasteiger partial charge on any atom is 0.416 e. The molecule has 0 bridgehead atoms. The summed E-state index contributed by atoms with van der Waals surface area (Å²) < 4.78 is 40.0. The number of nitrogens with two attached hydrogens (primary N) is 1. The monoisotopic (exact) mass is 301 g/mol. The van der Waals surface area contributed by atoms with Gasteiger partial charge in [0.2, 0.25) is 0 Å². The van der Waals surface area contributed by atoms with Crippen LogP contribution in [0.15, 0.2) is 34.2 Å². The molecule has 0 aliphatic heterocycles. The second-order valence-corrected chi connectivity index (χ2v) is 5.46. The van der Waals surface area contributed by atoms with Crippen LogP contribution in [0, 0.1) is 6.92 Å². The standard InChI is InChI=1S/C13H14F3N3S/c1-8-5-12(19(2)18-8)20-10-3-4-11(13(14,15)16)9(6-10)7-17/h3-6H,7,17H2,1-2H3. The number of hydrogen-bond acceptors (Lipinski definition) is 3. The molecule has 2 N–H and O–H groups in total. The van der Waals surface area contributed by atoms with Crippen molar-refractivity contribution in [3.05, 3.63) is 41.1 Å². The predicted molar refractivity (Wildman–Crippen MR) is 71.4 cm³/mol. The highest BCUT2D eigenvalue weighted by Crippen LogP contribution is 2.35. The number of benzene rings is 1. The molecule has 2 rings (SSSR count). The van der Waals surface area contributed by atoms with Crippen LogP contribution >= 0.6 is 11.8 Å². The highest BCUT2D eigenvalue weighted by Gasteiger charge is 2.32. The van der Waals surface area contributed by atoms with Crippen molar-refractivity contribution in [2.75, 3.05) is 0 Å². The molecular weight excluding hydrogens is 287 g/mol.